The quantitative estimate of drug-likeness (QED) is 0.712. The van der Waals surface area contributed by atoms with Crippen molar-refractivity contribution in [2.24, 2.45) is 0 Å². The van der Waals surface area contributed by atoms with Gasteiger partial charge >= 0.3 is 5.97 Å². The summed E-state index contributed by atoms with van der Waals surface area (Å²) in [6, 6.07) is 13.8. The zero-order chi connectivity index (χ0) is 18.2. The molecule has 0 bridgehead atoms. The Morgan fingerprint density at radius 3 is 2.40 bits per heavy atom. The first kappa shape index (κ1) is 19.1. The van der Waals surface area contributed by atoms with Crippen molar-refractivity contribution in [2.75, 3.05) is 19.6 Å². The fourth-order valence-electron chi connectivity index (χ4n) is 3.17. The number of nitrogens with zero attached hydrogens (tertiary/aromatic N) is 1. The molecule has 1 atom stereocenters. The smallest absolute Gasteiger partial charge is 0.310 e. The molecule has 4 heteroatoms. The molecule has 2 aromatic carbocycles. The van der Waals surface area contributed by atoms with Crippen molar-refractivity contribution < 1.29 is 14.3 Å². The lowest BCUT2D eigenvalue weighted by Crippen LogP contribution is -2.25. The number of carboxylic acids is 1. The highest BCUT2D eigenvalue weighted by Gasteiger charge is 2.23. The molecule has 0 spiro atoms. The SMILES string of the molecule is CCN(CC)CCCC(C(=O)O)c1ccc(F)cc1-c1ccccc1. The van der Waals surface area contributed by atoms with Crippen molar-refractivity contribution in [3.63, 3.8) is 0 Å². The summed E-state index contributed by atoms with van der Waals surface area (Å²) in [7, 11) is 0. The standard InChI is InChI=1S/C21H26FNO2/c1-3-23(4-2)14-8-11-19(21(24)25)18-13-12-17(22)15-20(18)16-9-6-5-7-10-16/h5-7,9-10,12-13,15,19H,3-4,8,11,14H2,1-2H3,(H,24,25). The van der Waals surface area contributed by atoms with Crippen molar-refractivity contribution in [2.45, 2.75) is 32.6 Å². The summed E-state index contributed by atoms with van der Waals surface area (Å²) < 4.78 is 13.8. The van der Waals surface area contributed by atoms with E-state index in [0.717, 1.165) is 31.6 Å². The van der Waals surface area contributed by atoms with Gasteiger partial charge in [-0.25, -0.2) is 4.39 Å². The van der Waals surface area contributed by atoms with Crippen LogP contribution in [0.2, 0.25) is 0 Å². The topological polar surface area (TPSA) is 40.5 Å². The Morgan fingerprint density at radius 1 is 1.12 bits per heavy atom. The van der Waals surface area contributed by atoms with Crippen LogP contribution in [0.1, 0.15) is 38.2 Å². The maximum atomic E-state index is 13.8. The second-order valence-corrected chi connectivity index (χ2v) is 6.16. The number of rotatable bonds is 9. The third kappa shape index (κ3) is 5.13. The van der Waals surface area contributed by atoms with Gasteiger partial charge in [0.25, 0.3) is 0 Å². The van der Waals surface area contributed by atoms with Crippen LogP contribution < -0.4 is 0 Å². The summed E-state index contributed by atoms with van der Waals surface area (Å²) >= 11 is 0. The lowest BCUT2D eigenvalue weighted by Gasteiger charge is -2.21. The van der Waals surface area contributed by atoms with Crippen LogP contribution in [0.3, 0.4) is 0 Å². The third-order valence-electron chi connectivity index (χ3n) is 4.64. The predicted molar refractivity (Wildman–Crippen MR) is 99.2 cm³/mol. The molecule has 3 nitrogen and oxygen atoms in total. The molecule has 2 aromatic rings. The number of benzene rings is 2. The van der Waals surface area contributed by atoms with E-state index in [0.29, 0.717) is 17.5 Å². The van der Waals surface area contributed by atoms with E-state index < -0.39 is 11.9 Å². The lowest BCUT2D eigenvalue weighted by atomic mass is 9.87. The minimum Gasteiger partial charge on any atom is -0.481 e. The molecule has 0 fully saturated rings. The van der Waals surface area contributed by atoms with Gasteiger partial charge in [-0.15, -0.1) is 0 Å². The molecule has 0 aliphatic rings. The maximum absolute atomic E-state index is 13.8. The number of aliphatic carboxylic acids is 1. The van der Waals surface area contributed by atoms with E-state index >= 15 is 0 Å². The van der Waals surface area contributed by atoms with Gasteiger partial charge in [-0.05, 0) is 61.3 Å². The number of hydrogen-bond donors (Lipinski definition) is 1. The second-order valence-electron chi connectivity index (χ2n) is 6.16. The van der Waals surface area contributed by atoms with Gasteiger partial charge in [0, 0.05) is 0 Å². The highest BCUT2D eigenvalue weighted by molar-refractivity contribution is 5.81. The van der Waals surface area contributed by atoms with Crippen LogP contribution >= 0.6 is 0 Å². The number of carboxylic acid groups (broad SMARTS) is 1. The first-order valence-corrected chi connectivity index (χ1v) is 8.86. The minimum absolute atomic E-state index is 0.352. The maximum Gasteiger partial charge on any atom is 0.310 e. The Labute approximate surface area is 149 Å². The van der Waals surface area contributed by atoms with Crippen molar-refractivity contribution in [1.82, 2.24) is 4.90 Å². The molecule has 25 heavy (non-hydrogen) atoms. The molecule has 1 N–H and O–H groups in total. The van der Waals surface area contributed by atoms with Crippen molar-refractivity contribution >= 4 is 5.97 Å². The predicted octanol–water partition coefficient (Wildman–Crippen LogP) is 4.78. The Hall–Kier alpha value is -2.20. The van der Waals surface area contributed by atoms with Crippen LogP contribution in [0.15, 0.2) is 48.5 Å². The summed E-state index contributed by atoms with van der Waals surface area (Å²) in [6.45, 7) is 7.00. The van der Waals surface area contributed by atoms with Crippen LogP contribution in [0.4, 0.5) is 4.39 Å². The number of halogens is 1. The molecule has 0 aliphatic heterocycles. The van der Waals surface area contributed by atoms with Gasteiger partial charge in [-0.1, -0.05) is 50.2 Å². The van der Waals surface area contributed by atoms with Gasteiger partial charge in [-0.3, -0.25) is 4.79 Å². The summed E-state index contributed by atoms with van der Waals surface area (Å²) in [5.74, 6) is -1.84. The van der Waals surface area contributed by atoms with E-state index in [9.17, 15) is 14.3 Å². The van der Waals surface area contributed by atoms with Crippen molar-refractivity contribution in [1.29, 1.82) is 0 Å². The number of hydrogen-bond acceptors (Lipinski definition) is 2. The molecule has 0 heterocycles. The fourth-order valence-corrected chi connectivity index (χ4v) is 3.17. The lowest BCUT2D eigenvalue weighted by molar-refractivity contribution is -0.139. The molecule has 0 radical (unpaired) electrons. The molecule has 0 saturated heterocycles. The Bertz CT molecular complexity index is 684. The summed E-state index contributed by atoms with van der Waals surface area (Å²) in [6.07, 6.45) is 1.33. The summed E-state index contributed by atoms with van der Waals surface area (Å²) in [5.41, 5.74) is 2.18. The molecule has 0 amide bonds. The summed E-state index contributed by atoms with van der Waals surface area (Å²) in [5, 5.41) is 9.74. The van der Waals surface area contributed by atoms with Crippen LogP contribution in [0.5, 0.6) is 0 Å². The Kier molecular flexibility index (Phi) is 7.14. The van der Waals surface area contributed by atoms with E-state index in [-0.39, 0.29) is 5.82 Å². The summed E-state index contributed by atoms with van der Waals surface area (Å²) in [4.78, 5) is 14.2. The van der Waals surface area contributed by atoms with Crippen LogP contribution in [0, 0.1) is 5.82 Å². The average Bonchev–Trinajstić information content (AvgIpc) is 2.63. The van der Waals surface area contributed by atoms with Gasteiger partial charge in [0.2, 0.25) is 0 Å². The molecule has 0 saturated carbocycles. The molecule has 1 unspecified atom stereocenters. The highest BCUT2D eigenvalue weighted by Crippen LogP contribution is 2.33. The Balaban J connectivity index is 2.28. The van der Waals surface area contributed by atoms with Crippen LogP contribution in [-0.2, 0) is 4.79 Å². The highest BCUT2D eigenvalue weighted by atomic mass is 19.1. The third-order valence-corrected chi connectivity index (χ3v) is 4.64. The number of carbonyl (C=O) groups is 1. The van der Waals surface area contributed by atoms with E-state index in [2.05, 4.69) is 18.7 Å². The van der Waals surface area contributed by atoms with Gasteiger partial charge < -0.3 is 10.0 Å². The van der Waals surface area contributed by atoms with Crippen molar-refractivity contribution in [3.8, 4) is 11.1 Å². The molecule has 0 aliphatic carbocycles. The first-order chi connectivity index (χ1) is 12.1. The molecule has 134 valence electrons. The minimum atomic E-state index is -0.858. The van der Waals surface area contributed by atoms with Crippen molar-refractivity contribution in [3.05, 3.63) is 59.9 Å². The zero-order valence-corrected chi connectivity index (χ0v) is 14.9. The van der Waals surface area contributed by atoms with Gasteiger partial charge in [0.1, 0.15) is 5.82 Å². The van der Waals surface area contributed by atoms with E-state index in [4.69, 9.17) is 0 Å². The second kappa shape index (κ2) is 9.33. The monoisotopic (exact) mass is 343 g/mol. The molecular formula is C21H26FNO2. The van der Waals surface area contributed by atoms with E-state index in [1.54, 1.807) is 6.07 Å². The van der Waals surface area contributed by atoms with Crippen LogP contribution in [0.25, 0.3) is 11.1 Å². The Morgan fingerprint density at radius 2 is 1.80 bits per heavy atom. The van der Waals surface area contributed by atoms with E-state index in [1.165, 1.54) is 12.1 Å². The van der Waals surface area contributed by atoms with Gasteiger partial charge in [0.15, 0.2) is 0 Å². The fraction of sp³-hybridized carbons (Fsp3) is 0.381. The largest absolute Gasteiger partial charge is 0.481 e. The average molecular weight is 343 g/mol. The molecule has 2 rings (SSSR count). The first-order valence-electron chi connectivity index (χ1n) is 8.86. The molecule has 0 aromatic heterocycles. The molecular weight excluding hydrogens is 317 g/mol. The zero-order valence-electron chi connectivity index (χ0n) is 14.9. The van der Waals surface area contributed by atoms with Crippen LogP contribution in [-0.4, -0.2) is 35.6 Å². The van der Waals surface area contributed by atoms with Gasteiger partial charge in [0.05, 0.1) is 5.92 Å². The van der Waals surface area contributed by atoms with Gasteiger partial charge in [-0.2, -0.15) is 0 Å². The normalized spacial score (nSPS) is 12.3. The van der Waals surface area contributed by atoms with E-state index in [1.807, 2.05) is 30.3 Å².